The van der Waals surface area contributed by atoms with Crippen molar-refractivity contribution in [1.29, 1.82) is 0 Å². The summed E-state index contributed by atoms with van der Waals surface area (Å²) in [5.74, 6) is 0.0811. The number of aromatic nitrogens is 2. The van der Waals surface area contributed by atoms with Crippen LogP contribution in [0.1, 0.15) is 41.5 Å². The van der Waals surface area contributed by atoms with Gasteiger partial charge in [0.15, 0.2) is 0 Å². The Hall–Kier alpha value is -2.56. The molecule has 0 bridgehead atoms. The maximum atomic E-state index is 13.6. The van der Waals surface area contributed by atoms with Crippen molar-refractivity contribution in [2.45, 2.75) is 69.3 Å². The number of anilines is 1. The van der Waals surface area contributed by atoms with Crippen molar-refractivity contribution in [1.82, 2.24) is 9.55 Å². The van der Waals surface area contributed by atoms with Crippen LogP contribution < -0.4 is 5.32 Å². The molecule has 1 unspecified atom stereocenters. The third-order valence-corrected chi connectivity index (χ3v) is 7.76. The van der Waals surface area contributed by atoms with Gasteiger partial charge in [0.1, 0.15) is 6.73 Å². The molecule has 36 heavy (non-hydrogen) atoms. The number of phosphoric ester groups is 1. The SMILES string of the molecule is COC(=O)Nc1nc2ccc(S(=O)c3ccccc3)cc2n1COP(=O)(OC(C)(C)C)OC(C)(C)C. The first kappa shape index (κ1) is 28.0. The minimum Gasteiger partial charge on any atom is -0.453 e. The standard InChI is InChI=1S/C24H32N3O7PS/c1-23(2,3)33-35(29,34-24(4,5)6)32-16-27-20-15-18(36(30)17-11-9-8-10-12-17)13-14-19(20)25-21(27)26-22(28)31-7/h8-15H,16H2,1-7H3,(H,25,26,28). The van der Waals surface area contributed by atoms with Gasteiger partial charge in [-0.05, 0) is 71.9 Å². The average Bonchev–Trinajstić information content (AvgIpc) is 3.11. The van der Waals surface area contributed by atoms with Gasteiger partial charge in [0, 0.05) is 9.79 Å². The zero-order valence-electron chi connectivity index (χ0n) is 21.4. The van der Waals surface area contributed by atoms with E-state index in [-0.39, 0.29) is 12.7 Å². The monoisotopic (exact) mass is 537 g/mol. The first-order valence-electron chi connectivity index (χ1n) is 11.2. The van der Waals surface area contributed by atoms with Crippen LogP contribution in [0.3, 0.4) is 0 Å². The molecular weight excluding hydrogens is 505 g/mol. The van der Waals surface area contributed by atoms with E-state index in [1.54, 1.807) is 71.9 Å². The van der Waals surface area contributed by atoms with Gasteiger partial charge in [-0.3, -0.25) is 23.5 Å². The topological polar surface area (TPSA) is 118 Å². The van der Waals surface area contributed by atoms with Crippen molar-refractivity contribution in [3.8, 4) is 0 Å². The molecule has 12 heteroatoms. The predicted molar refractivity (Wildman–Crippen MR) is 137 cm³/mol. The quantitative estimate of drug-likeness (QED) is 0.343. The Morgan fingerprint density at radius 3 is 2.17 bits per heavy atom. The summed E-state index contributed by atoms with van der Waals surface area (Å²) in [4.78, 5) is 17.5. The Morgan fingerprint density at radius 1 is 1.00 bits per heavy atom. The summed E-state index contributed by atoms with van der Waals surface area (Å²) in [5.41, 5.74) is -0.682. The second-order valence-electron chi connectivity index (χ2n) is 9.83. The number of carbonyl (C=O) groups is 1. The van der Waals surface area contributed by atoms with Crippen molar-refractivity contribution >= 4 is 41.7 Å². The molecule has 0 saturated heterocycles. The van der Waals surface area contributed by atoms with Crippen LogP contribution in [0, 0.1) is 0 Å². The van der Waals surface area contributed by atoms with Crippen LogP contribution in [-0.4, -0.2) is 38.2 Å². The number of phosphoric acid groups is 1. The van der Waals surface area contributed by atoms with E-state index in [1.165, 1.54) is 11.7 Å². The van der Waals surface area contributed by atoms with E-state index >= 15 is 0 Å². The van der Waals surface area contributed by atoms with Gasteiger partial charge in [0.2, 0.25) is 5.95 Å². The van der Waals surface area contributed by atoms with E-state index in [4.69, 9.17) is 18.3 Å². The van der Waals surface area contributed by atoms with Gasteiger partial charge in [0.05, 0.1) is 40.1 Å². The highest BCUT2D eigenvalue weighted by atomic mass is 32.2. The van der Waals surface area contributed by atoms with Crippen LogP contribution >= 0.6 is 7.82 Å². The fourth-order valence-corrected chi connectivity index (χ4v) is 5.97. The summed E-state index contributed by atoms with van der Waals surface area (Å²) >= 11 is 0. The molecule has 1 aromatic heterocycles. The molecule has 1 heterocycles. The lowest BCUT2D eigenvalue weighted by Crippen LogP contribution is -2.25. The molecule has 1 atom stereocenters. The number of nitrogens with zero attached hydrogens (tertiary/aromatic N) is 2. The Morgan fingerprint density at radius 2 is 1.61 bits per heavy atom. The maximum absolute atomic E-state index is 13.6. The predicted octanol–water partition coefficient (Wildman–Crippen LogP) is 6.09. The molecule has 10 nitrogen and oxygen atoms in total. The van der Waals surface area contributed by atoms with Crippen molar-refractivity contribution in [3.05, 3.63) is 48.5 Å². The molecule has 0 aliphatic heterocycles. The molecular formula is C24H32N3O7PS. The third-order valence-electron chi connectivity index (χ3n) is 4.41. The van der Waals surface area contributed by atoms with Gasteiger partial charge in [-0.25, -0.2) is 18.6 Å². The molecule has 0 aliphatic rings. The lowest BCUT2D eigenvalue weighted by molar-refractivity contribution is -0.00543. The number of rotatable bonds is 8. The van der Waals surface area contributed by atoms with Gasteiger partial charge in [-0.15, -0.1) is 0 Å². The van der Waals surface area contributed by atoms with Gasteiger partial charge in [0.25, 0.3) is 0 Å². The number of ether oxygens (including phenoxy) is 1. The summed E-state index contributed by atoms with van der Waals surface area (Å²) < 4.78 is 50.0. The van der Waals surface area contributed by atoms with Crippen LogP contribution in [0.25, 0.3) is 11.0 Å². The highest BCUT2D eigenvalue weighted by Crippen LogP contribution is 2.55. The summed E-state index contributed by atoms with van der Waals surface area (Å²) in [6.07, 6.45) is -0.750. The normalized spacial score (nSPS) is 13.5. The second-order valence-corrected chi connectivity index (χ2v) is 12.8. The van der Waals surface area contributed by atoms with Crippen molar-refractivity contribution < 1.29 is 31.9 Å². The number of carbonyl (C=O) groups excluding carboxylic acids is 1. The fraction of sp³-hybridized carbons (Fsp3) is 0.417. The van der Waals surface area contributed by atoms with E-state index < -0.39 is 35.9 Å². The number of nitrogens with one attached hydrogen (secondary N) is 1. The molecule has 0 aliphatic carbocycles. The second kappa shape index (κ2) is 10.8. The smallest absolute Gasteiger partial charge is 0.453 e. The molecule has 3 aromatic rings. The molecule has 0 radical (unpaired) electrons. The minimum atomic E-state index is -4.07. The maximum Gasteiger partial charge on any atom is 0.477 e. The highest BCUT2D eigenvalue weighted by Gasteiger charge is 2.37. The van der Waals surface area contributed by atoms with Crippen LogP contribution in [0.4, 0.5) is 10.7 Å². The molecule has 0 spiro atoms. The molecule has 2 aromatic carbocycles. The lowest BCUT2D eigenvalue weighted by atomic mass is 10.2. The fourth-order valence-electron chi connectivity index (χ4n) is 3.14. The molecule has 196 valence electrons. The van der Waals surface area contributed by atoms with Crippen LogP contribution in [0.2, 0.25) is 0 Å². The average molecular weight is 538 g/mol. The zero-order valence-corrected chi connectivity index (χ0v) is 23.1. The first-order valence-corrected chi connectivity index (χ1v) is 13.8. The summed E-state index contributed by atoms with van der Waals surface area (Å²) in [5, 5.41) is 2.53. The molecule has 0 fully saturated rings. The van der Waals surface area contributed by atoms with Gasteiger partial charge in [-0.2, -0.15) is 0 Å². The van der Waals surface area contributed by atoms with E-state index in [0.717, 1.165) is 0 Å². The molecule has 1 N–H and O–H groups in total. The summed E-state index contributed by atoms with van der Waals surface area (Å²) in [7, 11) is -4.31. The number of imidazole rings is 1. The van der Waals surface area contributed by atoms with Crippen molar-refractivity contribution in [2.24, 2.45) is 0 Å². The van der Waals surface area contributed by atoms with E-state index in [2.05, 4.69) is 10.3 Å². The lowest BCUT2D eigenvalue weighted by Gasteiger charge is -2.31. The number of fused-ring (bicyclic) bond motifs is 1. The van der Waals surface area contributed by atoms with Crippen molar-refractivity contribution in [3.63, 3.8) is 0 Å². The first-order chi connectivity index (χ1) is 16.7. The Bertz CT molecular complexity index is 1280. The van der Waals surface area contributed by atoms with E-state index in [9.17, 15) is 13.6 Å². The van der Waals surface area contributed by atoms with Gasteiger partial charge in [-0.1, -0.05) is 18.2 Å². The molecule has 0 saturated carbocycles. The Labute approximate surface area is 213 Å². The number of amides is 1. The third kappa shape index (κ3) is 7.47. The molecule has 3 rings (SSSR count). The Kier molecular flexibility index (Phi) is 8.42. The number of hydrogen-bond donors (Lipinski definition) is 1. The van der Waals surface area contributed by atoms with E-state index in [1.807, 2.05) is 18.2 Å². The number of benzene rings is 2. The van der Waals surface area contributed by atoms with Crippen molar-refractivity contribution in [2.75, 3.05) is 12.4 Å². The zero-order chi connectivity index (χ0) is 26.7. The number of methoxy groups -OCH3 is 1. The largest absolute Gasteiger partial charge is 0.477 e. The van der Waals surface area contributed by atoms with Gasteiger partial charge < -0.3 is 4.74 Å². The van der Waals surface area contributed by atoms with Crippen LogP contribution in [0.5, 0.6) is 0 Å². The summed E-state index contributed by atoms with van der Waals surface area (Å²) in [6.45, 7) is 10.1. The van der Waals surface area contributed by atoms with Crippen LogP contribution in [0.15, 0.2) is 58.3 Å². The summed E-state index contributed by atoms with van der Waals surface area (Å²) in [6, 6.07) is 14.1. The van der Waals surface area contributed by atoms with Crippen LogP contribution in [-0.2, 0) is 40.4 Å². The highest BCUT2D eigenvalue weighted by molar-refractivity contribution is 7.85. The molecule has 1 amide bonds. The minimum absolute atomic E-state index is 0.0811. The van der Waals surface area contributed by atoms with E-state index in [0.29, 0.717) is 20.8 Å². The Balaban J connectivity index is 2.04. The van der Waals surface area contributed by atoms with Gasteiger partial charge >= 0.3 is 13.9 Å². The number of hydrogen-bond acceptors (Lipinski definition) is 8.